The van der Waals surface area contributed by atoms with Crippen molar-refractivity contribution in [2.24, 2.45) is 0 Å². The van der Waals surface area contributed by atoms with Crippen LogP contribution in [0.25, 0.3) is 0 Å². The van der Waals surface area contributed by atoms with Crippen LogP contribution in [0.3, 0.4) is 0 Å². The van der Waals surface area contributed by atoms with Crippen molar-refractivity contribution in [3.8, 4) is 0 Å². The number of carbonyl (C=O) groups is 1. The number of aromatic nitrogens is 3. The zero-order valence-electron chi connectivity index (χ0n) is 11.7. The topological polar surface area (TPSA) is 75.4 Å². The molecular formula is C11H15N5O2S2. The smallest absolute Gasteiger partial charge is 0.325 e. The lowest BCUT2D eigenvalue weighted by molar-refractivity contribution is 0.225. The van der Waals surface area contributed by atoms with E-state index in [1.54, 1.807) is 21.1 Å². The highest BCUT2D eigenvalue weighted by molar-refractivity contribution is 8.00. The Morgan fingerprint density at radius 2 is 2.15 bits per heavy atom. The Hall–Kier alpha value is -1.61. The average molecular weight is 313 g/mol. The summed E-state index contributed by atoms with van der Waals surface area (Å²) in [5.41, 5.74) is 0.856. The van der Waals surface area contributed by atoms with E-state index in [0.717, 1.165) is 15.8 Å². The highest BCUT2D eigenvalue weighted by atomic mass is 32.2. The molecule has 2 rings (SSSR count). The van der Waals surface area contributed by atoms with Crippen LogP contribution in [-0.4, -0.2) is 47.4 Å². The van der Waals surface area contributed by atoms with E-state index < -0.39 is 0 Å². The SMILES string of the molecule is Cc1cc(CSc2nnc(N(C)C(=O)N(C)C)s2)on1. The highest BCUT2D eigenvalue weighted by Crippen LogP contribution is 2.30. The number of aryl methyl sites for hydroxylation is 1. The van der Waals surface area contributed by atoms with Crippen molar-refractivity contribution < 1.29 is 9.32 Å². The van der Waals surface area contributed by atoms with Gasteiger partial charge in [0.05, 0.1) is 11.4 Å². The van der Waals surface area contributed by atoms with Crippen molar-refractivity contribution >= 4 is 34.3 Å². The van der Waals surface area contributed by atoms with Crippen LogP contribution in [0.1, 0.15) is 11.5 Å². The maximum atomic E-state index is 11.8. The molecule has 2 amide bonds. The van der Waals surface area contributed by atoms with E-state index in [9.17, 15) is 4.79 Å². The minimum Gasteiger partial charge on any atom is -0.360 e. The number of anilines is 1. The third-order valence-electron chi connectivity index (χ3n) is 2.37. The van der Waals surface area contributed by atoms with E-state index in [2.05, 4.69) is 15.4 Å². The van der Waals surface area contributed by atoms with Crippen molar-refractivity contribution in [2.45, 2.75) is 17.0 Å². The van der Waals surface area contributed by atoms with Gasteiger partial charge in [0.25, 0.3) is 0 Å². The van der Waals surface area contributed by atoms with Crippen molar-refractivity contribution in [3.05, 3.63) is 17.5 Å². The molecule has 9 heteroatoms. The van der Waals surface area contributed by atoms with Crippen molar-refractivity contribution in [1.82, 2.24) is 20.3 Å². The van der Waals surface area contributed by atoms with Crippen LogP contribution in [0.5, 0.6) is 0 Å². The first-order chi connectivity index (χ1) is 9.47. The van der Waals surface area contributed by atoms with Crippen LogP contribution < -0.4 is 4.90 Å². The molecule has 0 fully saturated rings. The summed E-state index contributed by atoms with van der Waals surface area (Å²) >= 11 is 2.87. The quantitative estimate of drug-likeness (QED) is 0.636. The van der Waals surface area contributed by atoms with E-state index in [0.29, 0.717) is 10.9 Å². The van der Waals surface area contributed by atoms with Gasteiger partial charge in [0, 0.05) is 27.2 Å². The molecule has 2 aromatic heterocycles. The third kappa shape index (κ3) is 3.48. The summed E-state index contributed by atoms with van der Waals surface area (Å²) in [6, 6.07) is 1.75. The molecule has 0 bridgehead atoms. The molecule has 108 valence electrons. The predicted molar refractivity (Wildman–Crippen MR) is 78.2 cm³/mol. The van der Waals surface area contributed by atoms with E-state index in [4.69, 9.17) is 4.52 Å². The lowest BCUT2D eigenvalue weighted by Crippen LogP contribution is -2.36. The summed E-state index contributed by atoms with van der Waals surface area (Å²) in [5, 5.41) is 12.5. The van der Waals surface area contributed by atoms with Gasteiger partial charge < -0.3 is 9.42 Å². The van der Waals surface area contributed by atoms with Crippen LogP contribution >= 0.6 is 23.1 Å². The second kappa shape index (κ2) is 6.23. The monoisotopic (exact) mass is 313 g/mol. The van der Waals surface area contributed by atoms with Gasteiger partial charge in [-0.1, -0.05) is 28.3 Å². The minimum absolute atomic E-state index is 0.136. The Morgan fingerprint density at radius 3 is 2.75 bits per heavy atom. The Labute approximate surface area is 124 Å². The fourth-order valence-corrected chi connectivity index (χ4v) is 3.07. The van der Waals surface area contributed by atoms with Gasteiger partial charge in [-0.2, -0.15) is 0 Å². The summed E-state index contributed by atoms with van der Waals surface area (Å²) in [5.74, 6) is 1.43. The van der Waals surface area contributed by atoms with E-state index in [1.165, 1.54) is 32.9 Å². The Morgan fingerprint density at radius 1 is 1.40 bits per heavy atom. The van der Waals surface area contributed by atoms with Crippen molar-refractivity contribution in [3.63, 3.8) is 0 Å². The maximum Gasteiger partial charge on any atom is 0.325 e. The van der Waals surface area contributed by atoms with Gasteiger partial charge in [-0.05, 0) is 6.92 Å². The molecule has 0 aliphatic carbocycles. The zero-order valence-corrected chi connectivity index (χ0v) is 13.3. The third-order valence-corrected chi connectivity index (χ3v) is 4.52. The molecule has 0 N–H and O–H groups in total. The molecule has 20 heavy (non-hydrogen) atoms. The number of hydrogen-bond acceptors (Lipinski definition) is 7. The Kier molecular flexibility index (Phi) is 4.61. The van der Waals surface area contributed by atoms with E-state index >= 15 is 0 Å². The van der Waals surface area contributed by atoms with Crippen LogP contribution in [0.4, 0.5) is 9.93 Å². The van der Waals surface area contributed by atoms with Crippen molar-refractivity contribution in [1.29, 1.82) is 0 Å². The fourth-order valence-electron chi connectivity index (χ4n) is 1.40. The number of rotatable bonds is 4. The second-order valence-electron chi connectivity index (χ2n) is 4.31. The van der Waals surface area contributed by atoms with Gasteiger partial charge >= 0.3 is 6.03 Å². The first-order valence-electron chi connectivity index (χ1n) is 5.81. The molecule has 2 aromatic rings. The van der Waals surface area contributed by atoms with Crippen LogP contribution in [0.2, 0.25) is 0 Å². The number of thioether (sulfide) groups is 1. The van der Waals surface area contributed by atoms with Crippen LogP contribution in [-0.2, 0) is 5.75 Å². The average Bonchev–Trinajstić information content (AvgIpc) is 3.03. The first-order valence-corrected chi connectivity index (χ1v) is 7.61. The summed E-state index contributed by atoms with van der Waals surface area (Å²) < 4.78 is 5.91. The molecule has 0 saturated heterocycles. The first kappa shape index (κ1) is 14.8. The molecule has 7 nitrogen and oxygen atoms in total. The molecule has 0 saturated carbocycles. The normalized spacial score (nSPS) is 10.6. The summed E-state index contributed by atoms with van der Waals surface area (Å²) in [6.45, 7) is 1.88. The molecule has 0 aliphatic heterocycles. The Bertz CT molecular complexity index is 595. The zero-order chi connectivity index (χ0) is 14.7. The molecule has 0 aromatic carbocycles. The lowest BCUT2D eigenvalue weighted by Gasteiger charge is -2.18. The van der Waals surface area contributed by atoms with Crippen molar-refractivity contribution in [2.75, 3.05) is 26.0 Å². The van der Waals surface area contributed by atoms with Gasteiger partial charge in [0.15, 0.2) is 4.34 Å². The molecule has 0 unspecified atom stereocenters. The van der Waals surface area contributed by atoms with Gasteiger partial charge in [-0.15, -0.1) is 10.2 Å². The molecule has 0 aliphatic rings. The maximum absolute atomic E-state index is 11.8. The molecule has 2 heterocycles. The van der Waals surface area contributed by atoms with Gasteiger partial charge in [-0.3, -0.25) is 4.90 Å². The molecule has 0 spiro atoms. The number of nitrogens with zero attached hydrogens (tertiary/aromatic N) is 5. The van der Waals surface area contributed by atoms with E-state index in [1.807, 2.05) is 13.0 Å². The van der Waals surface area contributed by atoms with E-state index in [-0.39, 0.29) is 6.03 Å². The van der Waals surface area contributed by atoms with Gasteiger partial charge in [0.1, 0.15) is 5.76 Å². The Balaban J connectivity index is 1.97. The molecule has 0 atom stereocenters. The number of carbonyl (C=O) groups excluding carboxylic acids is 1. The van der Waals surface area contributed by atoms with Gasteiger partial charge in [-0.25, -0.2) is 4.79 Å². The fraction of sp³-hybridized carbons (Fsp3) is 0.455. The van der Waals surface area contributed by atoms with Gasteiger partial charge in [0.2, 0.25) is 5.13 Å². The second-order valence-corrected chi connectivity index (χ2v) is 6.49. The largest absolute Gasteiger partial charge is 0.360 e. The van der Waals surface area contributed by atoms with Crippen LogP contribution in [0, 0.1) is 6.92 Å². The minimum atomic E-state index is -0.136. The standard InChI is InChI=1S/C11H15N5O2S2/c1-7-5-8(18-14-7)6-19-10-13-12-9(20-10)16(4)11(17)15(2)3/h5H,6H2,1-4H3. The predicted octanol–water partition coefficient (Wildman–Crippen LogP) is 2.24. The number of hydrogen-bond donors (Lipinski definition) is 0. The number of urea groups is 1. The summed E-state index contributed by atoms with van der Waals surface area (Å²) in [6.07, 6.45) is 0. The highest BCUT2D eigenvalue weighted by Gasteiger charge is 2.17. The molecule has 0 radical (unpaired) electrons. The summed E-state index contributed by atoms with van der Waals surface area (Å²) in [7, 11) is 5.07. The molecular weight excluding hydrogens is 298 g/mol. The van der Waals surface area contributed by atoms with Crippen LogP contribution in [0.15, 0.2) is 14.9 Å². The number of amides is 2. The lowest BCUT2D eigenvalue weighted by atomic mass is 10.4. The summed E-state index contributed by atoms with van der Waals surface area (Å²) in [4.78, 5) is 14.8.